The summed E-state index contributed by atoms with van der Waals surface area (Å²) >= 11 is 0. The van der Waals surface area contributed by atoms with Crippen LogP contribution in [0.2, 0.25) is 0 Å². The summed E-state index contributed by atoms with van der Waals surface area (Å²) in [5.41, 5.74) is 1.89. The summed E-state index contributed by atoms with van der Waals surface area (Å²) in [5.74, 6) is 0.549. The van der Waals surface area contributed by atoms with Gasteiger partial charge in [-0.3, -0.25) is 4.31 Å². The quantitative estimate of drug-likeness (QED) is 0.442. The minimum absolute atomic E-state index is 0.0959. The highest BCUT2D eigenvalue weighted by Crippen LogP contribution is 2.29. The maximum Gasteiger partial charge on any atom is 0.264 e. The van der Waals surface area contributed by atoms with Crippen LogP contribution in [0.3, 0.4) is 0 Å². The Balaban J connectivity index is 2.00. The number of pyridine rings is 1. The monoisotopic (exact) mass is 426 g/mol. The van der Waals surface area contributed by atoms with Gasteiger partial charge in [-0.1, -0.05) is 30.4 Å². The zero-order valence-electron chi connectivity index (χ0n) is 16.4. The number of nitrogens with zero attached hydrogens (tertiary/aromatic N) is 2. The number of aromatic nitrogens is 1. The van der Waals surface area contributed by atoms with Gasteiger partial charge in [0.05, 0.1) is 30.8 Å². The number of hydrogen-bond donors (Lipinski definition) is 1. The molecule has 0 unspecified atom stereocenters. The van der Waals surface area contributed by atoms with Gasteiger partial charge >= 0.3 is 0 Å². The summed E-state index contributed by atoms with van der Waals surface area (Å²) < 4.78 is 33.6. The molecule has 1 heterocycles. The second kappa shape index (κ2) is 9.43. The van der Waals surface area contributed by atoms with Crippen LogP contribution in [0.5, 0.6) is 5.75 Å². The van der Waals surface area contributed by atoms with Crippen LogP contribution in [0.1, 0.15) is 11.1 Å². The number of ether oxygens (including phenoxy) is 1. The number of anilines is 1. The Labute approximate surface area is 175 Å². The highest BCUT2D eigenvalue weighted by Gasteiger charge is 2.26. The topological polar surface area (TPSA) is 93.8 Å². The van der Waals surface area contributed by atoms with E-state index >= 15 is 0 Å². The number of para-hydroxylation sites is 1. The average Bonchev–Trinajstić information content (AvgIpc) is 2.77. The van der Waals surface area contributed by atoms with Gasteiger partial charge in [-0.15, -0.1) is 0 Å². The van der Waals surface area contributed by atoms with Crippen LogP contribution in [0.25, 0.3) is 12.2 Å². The zero-order valence-corrected chi connectivity index (χ0v) is 17.2. The summed E-state index contributed by atoms with van der Waals surface area (Å²) in [6.07, 6.45) is 6.33. The van der Waals surface area contributed by atoms with Gasteiger partial charge in [0.15, 0.2) is 12.4 Å². The lowest BCUT2D eigenvalue weighted by Gasteiger charge is -2.25. The lowest BCUT2D eigenvalue weighted by molar-refractivity contribution is -0.605. The molecular formula is C22H22N2O5S. The molecule has 2 aromatic carbocycles. The minimum atomic E-state index is -3.91. The molecule has 0 spiro atoms. The number of aliphatic hydroxyl groups is 1. The molecule has 7 nitrogen and oxygen atoms in total. The maximum absolute atomic E-state index is 13.3. The van der Waals surface area contributed by atoms with Crippen molar-refractivity contribution in [3.05, 3.63) is 89.4 Å². The first-order chi connectivity index (χ1) is 14.5. The van der Waals surface area contributed by atoms with Gasteiger partial charge in [0.2, 0.25) is 0 Å². The Morgan fingerprint density at radius 3 is 2.33 bits per heavy atom. The van der Waals surface area contributed by atoms with Crippen molar-refractivity contribution in [1.82, 2.24) is 0 Å². The third-order valence-electron chi connectivity index (χ3n) is 4.44. The van der Waals surface area contributed by atoms with E-state index in [2.05, 4.69) is 0 Å². The molecule has 0 radical (unpaired) electrons. The van der Waals surface area contributed by atoms with Crippen molar-refractivity contribution in [2.75, 3.05) is 24.6 Å². The van der Waals surface area contributed by atoms with E-state index < -0.39 is 10.0 Å². The number of aliphatic hydroxyl groups excluding tert-OH is 1. The van der Waals surface area contributed by atoms with E-state index in [-0.39, 0.29) is 18.0 Å². The zero-order chi connectivity index (χ0) is 21.6. The first kappa shape index (κ1) is 21.4. The van der Waals surface area contributed by atoms with E-state index in [9.17, 15) is 18.7 Å². The average molecular weight is 426 g/mol. The number of rotatable bonds is 8. The molecule has 0 saturated heterocycles. The molecule has 0 amide bonds. The van der Waals surface area contributed by atoms with Crippen LogP contribution in [-0.4, -0.2) is 33.8 Å². The van der Waals surface area contributed by atoms with Crippen molar-refractivity contribution in [3.63, 3.8) is 0 Å². The Morgan fingerprint density at radius 2 is 1.70 bits per heavy atom. The van der Waals surface area contributed by atoms with Gasteiger partial charge in [0, 0.05) is 12.1 Å². The largest absolute Gasteiger partial charge is 0.619 e. The minimum Gasteiger partial charge on any atom is -0.619 e. The fourth-order valence-corrected chi connectivity index (χ4v) is 4.39. The normalized spacial score (nSPS) is 11.5. The molecule has 156 valence electrons. The van der Waals surface area contributed by atoms with E-state index in [1.54, 1.807) is 60.7 Å². The van der Waals surface area contributed by atoms with E-state index in [4.69, 9.17) is 4.74 Å². The SMILES string of the molecule is COc1ccc(S(=O)(=O)N(CCO)c2ccccc2C=Cc2cc[n+]([O-])cc2)cc1. The van der Waals surface area contributed by atoms with Crippen molar-refractivity contribution < 1.29 is 23.0 Å². The second-order valence-corrected chi connectivity index (χ2v) is 8.22. The molecule has 0 atom stereocenters. The van der Waals surface area contributed by atoms with Crippen molar-refractivity contribution in [3.8, 4) is 5.75 Å². The predicted molar refractivity (Wildman–Crippen MR) is 115 cm³/mol. The Hall–Kier alpha value is -3.36. The van der Waals surface area contributed by atoms with E-state index in [1.165, 1.54) is 35.9 Å². The number of hydrogen-bond acceptors (Lipinski definition) is 5. The second-order valence-electron chi connectivity index (χ2n) is 6.36. The van der Waals surface area contributed by atoms with Crippen LogP contribution < -0.4 is 13.8 Å². The molecular weight excluding hydrogens is 404 g/mol. The lowest BCUT2D eigenvalue weighted by Crippen LogP contribution is -2.34. The van der Waals surface area contributed by atoms with Gasteiger partial charge in [-0.25, -0.2) is 8.42 Å². The van der Waals surface area contributed by atoms with Gasteiger partial charge in [0.25, 0.3) is 10.0 Å². The molecule has 0 aliphatic heterocycles. The molecule has 0 saturated carbocycles. The first-order valence-electron chi connectivity index (χ1n) is 9.19. The number of sulfonamides is 1. The van der Waals surface area contributed by atoms with Gasteiger partial charge < -0.3 is 15.1 Å². The third kappa shape index (κ3) is 4.79. The molecule has 8 heteroatoms. The molecule has 0 aliphatic rings. The highest BCUT2D eigenvalue weighted by molar-refractivity contribution is 7.92. The maximum atomic E-state index is 13.3. The number of benzene rings is 2. The molecule has 30 heavy (non-hydrogen) atoms. The van der Waals surface area contributed by atoms with Crippen LogP contribution >= 0.6 is 0 Å². The predicted octanol–water partition coefficient (Wildman–Crippen LogP) is 2.69. The lowest BCUT2D eigenvalue weighted by atomic mass is 10.1. The van der Waals surface area contributed by atoms with E-state index in [0.29, 0.717) is 21.7 Å². The fourth-order valence-electron chi connectivity index (χ4n) is 2.91. The third-order valence-corrected chi connectivity index (χ3v) is 6.27. The van der Waals surface area contributed by atoms with Gasteiger partial charge in [-0.2, -0.15) is 4.73 Å². The Bertz CT molecular complexity index is 1110. The molecule has 0 bridgehead atoms. The summed E-state index contributed by atoms with van der Waals surface area (Å²) in [6, 6.07) is 16.4. The number of methoxy groups -OCH3 is 1. The first-order valence-corrected chi connectivity index (χ1v) is 10.6. The smallest absolute Gasteiger partial charge is 0.264 e. The van der Waals surface area contributed by atoms with Crippen LogP contribution in [-0.2, 0) is 10.0 Å². The van der Waals surface area contributed by atoms with Crippen LogP contribution in [0.15, 0.2) is 78.0 Å². The molecule has 1 N–H and O–H groups in total. The standard InChI is InChI=1S/C22H22N2O5S/c1-29-20-8-10-21(11-9-20)30(27,28)24(16-17-25)22-5-3-2-4-19(22)7-6-18-12-14-23(26)15-13-18/h2-15,25H,16-17H2,1H3. The summed E-state index contributed by atoms with van der Waals surface area (Å²) in [4.78, 5) is 0.0959. The van der Waals surface area contributed by atoms with Crippen molar-refractivity contribution in [2.45, 2.75) is 4.90 Å². The van der Waals surface area contributed by atoms with Crippen LogP contribution in [0.4, 0.5) is 5.69 Å². The molecule has 0 aliphatic carbocycles. The fraction of sp³-hybridized carbons (Fsp3) is 0.136. The highest BCUT2D eigenvalue weighted by atomic mass is 32.2. The molecule has 1 aromatic heterocycles. The molecule has 0 fully saturated rings. The van der Waals surface area contributed by atoms with Gasteiger partial charge in [-0.05, 0) is 41.5 Å². The van der Waals surface area contributed by atoms with Crippen molar-refractivity contribution in [1.29, 1.82) is 0 Å². The molecule has 3 aromatic rings. The van der Waals surface area contributed by atoms with E-state index in [1.807, 2.05) is 0 Å². The van der Waals surface area contributed by atoms with E-state index in [0.717, 1.165) is 5.56 Å². The van der Waals surface area contributed by atoms with Crippen LogP contribution in [0, 0.1) is 5.21 Å². The summed E-state index contributed by atoms with van der Waals surface area (Å²) in [7, 11) is -2.41. The van der Waals surface area contributed by atoms with Gasteiger partial charge in [0.1, 0.15) is 5.75 Å². The molecule has 3 rings (SSSR count). The summed E-state index contributed by atoms with van der Waals surface area (Å²) in [5, 5.41) is 20.7. The Kier molecular flexibility index (Phi) is 6.71. The van der Waals surface area contributed by atoms with Crippen molar-refractivity contribution in [2.24, 2.45) is 0 Å². The Morgan fingerprint density at radius 1 is 1.03 bits per heavy atom. The summed E-state index contributed by atoms with van der Waals surface area (Å²) in [6.45, 7) is -0.434. The van der Waals surface area contributed by atoms with Crippen molar-refractivity contribution >= 4 is 27.9 Å².